The molecule has 1 aliphatic heterocycles. The highest BCUT2D eigenvalue weighted by Gasteiger charge is 2.33. The minimum Gasteiger partial charge on any atom is -0.494 e. The topological polar surface area (TPSA) is 96.1 Å². The molecule has 0 saturated carbocycles. The molecule has 1 heterocycles. The summed E-state index contributed by atoms with van der Waals surface area (Å²) in [6.07, 6.45) is 1.18. The molecule has 0 saturated heterocycles. The number of unbranched alkanes of at least 4 members (excludes halogenated alkanes) is 1. The fourth-order valence-corrected chi connectivity index (χ4v) is 4.39. The molecule has 3 N–H and O–H groups in total. The SMILES string of the molecule is Cc1ccc(S(=O)CCCCOc2ccc3c(c2)NC(=O)OC3(C)C)cc1C.O. The van der Waals surface area contributed by atoms with Crippen LogP contribution in [0.15, 0.2) is 41.3 Å². The number of hydrogen-bond donors (Lipinski definition) is 1. The molecule has 0 bridgehead atoms. The number of amides is 1. The second-order valence-corrected chi connectivity index (χ2v) is 9.15. The molecule has 1 aliphatic rings. The summed E-state index contributed by atoms with van der Waals surface area (Å²) in [7, 11) is -0.981. The fourth-order valence-electron chi connectivity index (χ4n) is 3.16. The van der Waals surface area contributed by atoms with Gasteiger partial charge < -0.3 is 14.9 Å². The molecule has 7 heteroatoms. The van der Waals surface area contributed by atoms with Crippen LogP contribution in [0.2, 0.25) is 0 Å². The maximum Gasteiger partial charge on any atom is 0.412 e. The Morgan fingerprint density at radius 1 is 1.07 bits per heavy atom. The highest BCUT2D eigenvalue weighted by Crippen LogP contribution is 2.37. The van der Waals surface area contributed by atoms with E-state index < -0.39 is 22.5 Å². The van der Waals surface area contributed by atoms with Gasteiger partial charge >= 0.3 is 6.09 Å². The summed E-state index contributed by atoms with van der Waals surface area (Å²) < 4.78 is 23.5. The Balaban J connectivity index is 0.00000300. The quantitative estimate of drug-likeness (QED) is 0.679. The first kappa shape index (κ1) is 22.9. The summed E-state index contributed by atoms with van der Waals surface area (Å²) in [5, 5.41) is 2.72. The van der Waals surface area contributed by atoms with E-state index in [-0.39, 0.29) is 5.48 Å². The molecule has 1 amide bonds. The van der Waals surface area contributed by atoms with Crippen molar-refractivity contribution in [1.82, 2.24) is 0 Å². The number of cyclic esters (lactones) is 1. The predicted molar refractivity (Wildman–Crippen MR) is 115 cm³/mol. The third kappa shape index (κ3) is 5.58. The normalized spacial score (nSPS) is 15.4. The number of nitrogens with one attached hydrogen (secondary N) is 1. The van der Waals surface area contributed by atoms with Crippen molar-refractivity contribution in [1.29, 1.82) is 0 Å². The number of carbonyl (C=O) groups excluding carboxylic acids is 1. The lowest BCUT2D eigenvalue weighted by Gasteiger charge is -2.32. The van der Waals surface area contributed by atoms with Gasteiger partial charge in [-0.05, 0) is 75.9 Å². The Bertz CT molecular complexity index is 910. The van der Waals surface area contributed by atoms with Gasteiger partial charge in [0.25, 0.3) is 0 Å². The van der Waals surface area contributed by atoms with E-state index in [1.54, 1.807) is 0 Å². The van der Waals surface area contributed by atoms with Gasteiger partial charge in [0.15, 0.2) is 0 Å². The molecule has 0 aliphatic carbocycles. The van der Waals surface area contributed by atoms with E-state index in [2.05, 4.69) is 12.2 Å². The van der Waals surface area contributed by atoms with Crippen molar-refractivity contribution >= 4 is 22.6 Å². The van der Waals surface area contributed by atoms with Gasteiger partial charge in [-0.25, -0.2) is 4.79 Å². The largest absolute Gasteiger partial charge is 0.494 e. The van der Waals surface area contributed by atoms with Crippen LogP contribution in [-0.4, -0.2) is 28.1 Å². The third-order valence-electron chi connectivity index (χ3n) is 4.96. The first-order valence-corrected chi connectivity index (χ1v) is 10.8. The molecule has 0 aromatic heterocycles. The Hall–Kier alpha value is -2.38. The predicted octanol–water partition coefficient (Wildman–Crippen LogP) is 4.24. The zero-order chi connectivity index (χ0) is 20.3. The lowest BCUT2D eigenvalue weighted by atomic mass is 9.95. The third-order valence-corrected chi connectivity index (χ3v) is 6.40. The van der Waals surface area contributed by atoms with E-state index in [4.69, 9.17) is 9.47 Å². The molecule has 158 valence electrons. The second kappa shape index (κ2) is 9.41. The van der Waals surface area contributed by atoms with Gasteiger partial charge in [-0.3, -0.25) is 9.53 Å². The van der Waals surface area contributed by atoms with Crippen LogP contribution in [0.1, 0.15) is 43.4 Å². The zero-order valence-electron chi connectivity index (χ0n) is 17.3. The van der Waals surface area contributed by atoms with Gasteiger partial charge in [-0.1, -0.05) is 6.07 Å². The molecule has 0 spiro atoms. The highest BCUT2D eigenvalue weighted by atomic mass is 32.2. The summed E-state index contributed by atoms with van der Waals surface area (Å²) in [5.41, 5.74) is 3.36. The standard InChI is InChI=1S/C22H27NO4S.H2O/c1-15-7-9-18(13-16(15)2)28(25)12-6-5-11-26-17-8-10-19-20(14-17)23-21(24)27-22(19,3)4;/h7-10,13-14H,5-6,11-12H2,1-4H3,(H,23,24);1H2. The van der Waals surface area contributed by atoms with Crippen molar-refractivity contribution in [2.75, 3.05) is 17.7 Å². The summed E-state index contributed by atoms with van der Waals surface area (Å²) >= 11 is 0. The molecular weight excluding hydrogens is 390 g/mol. The number of aryl methyl sites for hydroxylation is 2. The Morgan fingerprint density at radius 3 is 2.55 bits per heavy atom. The summed E-state index contributed by atoms with van der Waals surface area (Å²) in [4.78, 5) is 12.6. The zero-order valence-corrected chi connectivity index (χ0v) is 18.2. The molecule has 29 heavy (non-hydrogen) atoms. The number of rotatable bonds is 7. The smallest absolute Gasteiger partial charge is 0.412 e. The van der Waals surface area contributed by atoms with Crippen LogP contribution in [-0.2, 0) is 21.1 Å². The van der Waals surface area contributed by atoms with E-state index >= 15 is 0 Å². The van der Waals surface area contributed by atoms with E-state index in [9.17, 15) is 9.00 Å². The van der Waals surface area contributed by atoms with Gasteiger partial charge in [0.2, 0.25) is 0 Å². The molecule has 1 atom stereocenters. The van der Waals surface area contributed by atoms with Crippen molar-refractivity contribution in [3.63, 3.8) is 0 Å². The van der Waals surface area contributed by atoms with Gasteiger partial charge in [0.05, 0.1) is 23.1 Å². The van der Waals surface area contributed by atoms with Crippen molar-refractivity contribution in [2.24, 2.45) is 0 Å². The molecule has 6 nitrogen and oxygen atoms in total. The molecule has 0 fully saturated rings. The van der Waals surface area contributed by atoms with Gasteiger partial charge in [-0.2, -0.15) is 0 Å². The van der Waals surface area contributed by atoms with E-state index in [1.165, 1.54) is 11.1 Å². The second-order valence-electron chi connectivity index (χ2n) is 7.58. The molecule has 2 aromatic rings. The van der Waals surface area contributed by atoms with Gasteiger partial charge in [0, 0.05) is 22.3 Å². The van der Waals surface area contributed by atoms with Crippen LogP contribution in [0.25, 0.3) is 0 Å². The average molecular weight is 420 g/mol. The van der Waals surface area contributed by atoms with Crippen molar-refractivity contribution < 1.29 is 24.0 Å². The van der Waals surface area contributed by atoms with E-state index in [0.29, 0.717) is 18.1 Å². The van der Waals surface area contributed by atoms with Crippen molar-refractivity contribution in [3.05, 3.63) is 53.1 Å². The summed E-state index contributed by atoms with van der Waals surface area (Å²) in [5.74, 6) is 1.32. The Morgan fingerprint density at radius 2 is 1.83 bits per heavy atom. The number of hydrogen-bond acceptors (Lipinski definition) is 4. The minimum atomic E-state index is -0.981. The molecule has 1 unspecified atom stereocenters. The van der Waals surface area contributed by atoms with E-state index in [0.717, 1.165) is 29.0 Å². The lowest BCUT2D eigenvalue weighted by Crippen LogP contribution is -2.34. The number of ether oxygens (including phenoxy) is 2. The maximum atomic E-state index is 12.4. The number of carbonyl (C=O) groups is 1. The van der Waals surface area contributed by atoms with Crippen LogP contribution in [0, 0.1) is 13.8 Å². The first-order valence-electron chi connectivity index (χ1n) is 9.49. The molecule has 2 aromatic carbocycles. The van der Waals surface area contributed by atoms with Crippen LogP contribution in [0.4, 0.5) is 10.5 Å². The van der Waals surface area contributed by atoms with E-state index in [1.807, 2.05) is 57.2 Å². The molecular formula is C22H29NO5S. The number of anilines is 1. The molecule has 0 radical (unpaired) electrons. The van der Waals surface area contributed by atoms with Gasteiger partial charge in [0.1, 0.15) is 11.4 Å². The number of benzene rings is 2. The fraction of sp³-hybridized carbons (Fsp3) is 0.409. The monoisotopic (exact) mass is 419 g/mol. The van der Waals surface area contributed by atoms with Gasteiger partial charge in [-0.15, -0.1) is 0 Å². The average Bonchev–Trinajstić information content (AvgIpc) is 2.62. The van der Waals surface area contributed by atoms with Crippen LogP contribution in [0.3, 0.4) is 0 Å². The van der Waals surface area contributed by atoms with Crippen molar-refractivity contribution in [2.45, 2.75) is 51.0 Å². The van der Waals surface area contributed by atoms with Crippen LogP contribution >= 0.6 is 0 Å². The summed E-state index contributed by atoms with van der Waals surface area (Å²) in [6, 6.07) is 11.6. The molecule has 3 rings (SSSR count). The Kier molecular flexibility index (Phi) is 7.43. The highest BCUT2D eigenvalue weighted by molar-refractivity contribution is 7.85. The Labute approximate surface area is 174 Å². The van der Waals surface area contributed by atoms with Crippen LogP contribution in [0.5, 0.6) is 5.75 Å². The number of fused-ring (bicyclic) bond motifs is 1. The maximum absolute atomic E-state index is 12.4. The summed E-state index contributed by atoms with van der Waals surface area (Å²) in [6.45, 7) is 8.36. The lowest BCUT2D eigenvalue weighted by molar-refractivity contribution is 0.0420. The van der Waals surface area contributed by atoms with Crippen molar-refractivity contribution in [3.8, 4) is 5.75 Å². The minimum absolute atomic E-state index is 0. The van der Waals surface area contributed by atoms with Crippen LogP contribution < -0.4 is 10.1 Å². The first-order chi connectivity index (χ1) is 13.3.